The van der Waals surface area contributed by atoms with Crippen molar-refractivity contribution in [3.05, 3.63) is 35.6 Å². The van der Waals surface area contributed by atoms with Crippen LogP contribution in [0.4, 0.5) is 4.39 Å². The molecule has 2 bridgehead atoms. The summed E-state index contributed by atoms with van der Waals surface area (Å²) in [5, 5.41) is 3.72. The summed E-state index contributed by atoms with van der Waals surface area (Å²) in [4.78, 5) is 2.61. The SMILES string of the molecule is CCCN(C1CC2CCC(C1)N2)C(C)c1cccc(F)c1. The summed E-state index contributed by atoms with van der Waals surface area (Å²) in [6.45, 7) is 5.57. The van der Waals surface area contributed by atoms with Crippen LogP contribution in [0.15, 0.2) is 24.3 Å². The van der Waals surface area contributed by atoms with Crippen LogP contribution >= 0.6 is 0 Å². The molecule has 2 nitrogen and oxygen atoms in total. The lowest BCUT2D eigenvalue weighted by atomic mass is 9.95. The van der Waals surface area contributed by atoms with Gasteiger partial charge in [-0.15, -0.1) is 0 Å². The van der Waals surface area contributed by atoms with Crippen molar-refractivity contribution >= 4 is 0 Å². The summed E-state index contributed by atoms with van der Waals surface area (Å²) in [6, 6.07) is 9.46. The number of nitrogens with zero attached hydrogens (tertiary/aromatic N) is 1. The van der Waals surface area contributed by atoms with Gasteiger partial charge in [-0.1, -0.05) is 19.1 Å². The van der Waals surface area contributed by atoms with Crippen molar-refractivity contribution in [2.75, 3.05) is 6.54 Å². The molecule has 3 rings (SSSR count). The van der Waals surface area contributed by atoms with E-state index >= 15 is 0 Å². The van der Waals surface area contributed by atoms with Gasteiger partial charge in [-0.3, -0.25) is 4.90 Å². The molecule has 3 unspecified atom stereocenters. The quantitative estimate of drug-likeness (QED) is 0.885. The molecule has 0 amide bonds. The predicted molar refractivity (Wildman–Crippen MR) is 84.8 cm³/mol. The Morgan fingerprint density at radius 2 is 2.00 bits per heavy atom. The number of benzene rings is 1. The number of piperidine rings is 1. The van der Waals surface area contributed by atoms with Crippen LogP contribution in [0.5, 0.6) is 0 Å². The molecule has 1 aromatic rings. The van der Waals surface area contributed by atoms with Gasteiger partial charge < -0.3 is 5.32 Å². The molecule has 2 saturated heterocycles. The van der Waals surface area contributed by atoms with Gasteiger partial charge >= 0.3 is 0 Å². The highest BCUT2D eigenvalue weighted by molar-refractivity contribution is 5.20. The first kappa shape index (κ1) is 15.0. The first-order chi connectivity index (χ1) is 10.2. The van der Waals surface area contributed by atoms with Crippen LogP contribution in [-0.2, 0) is 0 Å². The number of nitrogens with one attached hydrogen (secondary N) is 1. The average Bonchev–Trinajstić information content (AvgIpc) is 2.82. The minimum absolute atomic E-state index is 0.124. The third kappa shape index (κ3) is 3.29. The fourth-order valence-corrected chi connectivity index (χ4v) is 4.21. The van der Waals surface area contributed by atoms with Gasteiger partial charge in [0.05, 0.1) is 0 Å². The van der Waals surface area contributed by atoms with Crippen LogP contribution in [0.3, 0.4) is 0 Å². The van der Waals surface area contributed by atoms with Crippen molar-refractivity contribution in [3.63, 3.8) is 0 Å². The molecule has 21 heavy (non-hydrogen) atoms. The molecule has 2 fully saturated rings. The highest BCUT2D eigenvalue weighted by Crippen LogP contribution is 2.34. The molecule has 116 valence electrons. The Morgan fingerprint density at radius 1 is 1.29 bits per heavy atom. The molecule has 2 aliphatic heterocycles. The van der Waals surface area contributed by atoms with Crippen LogP contribution in [0, 0.1) is 5.82 Å². The van der Waals surface area contributed by atoms with Crippen LogP contribution in [0.1, 0.15) is 57.6 Å². The molecule has 1 N–H and O–H groups in total. The topological polar surface area (TPSA) is 15.3 Å². The molecule has 0 spiro atoms. The largest absolute Gasteiger partial charge is 0.311 e. The number of fused-ring (bicyclic) bond motifs is 2. The molecular weight excluding hydrogens is 263 g/mol. The van der Waals surface area contributed by atoms with E-state index in [1.807, 2.05) is 6.07 Å². The third-order valence-corrected chi connectivity index (χ3v) is 5.23. The molecule has 3 heteroatoms. The fraction of sp³-hybridized carbons (Fsp3) is 0.667. The van der Waals surface area contributed by atoms with E-state index in [-0.39, 0.29) is 5.82 Å². The lowest BCUT2D eigenvalue weighted by molar-refractivity contribution is 0.101. The van der Waals surface area contributed by atoms with Crippen LogP contribution < -0.4 is 5.32 Å². The van der Waals surface area contributed by atoms with Gasteiger partial charge in [0.15, 0.2) is 0 Å². The highest BCUT2D eigenvalue weighted by atomic mass is 19.1. The zero-order valence-electron chi connectivity index (χ0n) is 13.2. The number of halogens is 1. The second-order valence-electron chi connectivity index (χ2n) is 6.73. The summed E-state index contributed by atoms with van der Waals surface area (Å²) in [7, 11) is 0. The Kier molecular flexibility index (Phi) is 4.60. The minimum Gasteiger partial charge on any atom is -0.311 e. The zero-order valence-corrected chi connectivity index (χ0v) is 13.2. The first-order valence-electron chi connectivity index (χ1n) is 8.44. The van der Waals surface area contributed by atoms with E-state index in [0.29, 0.717) is 24.2 Å². The molecule has 0 radical (unpaired) electrons. The molecule has 2 heterocycles. The molecule has 0 saturated carbocycles. The maximum atomic E-state index is 13.5. The smallest absolute Gasteiger partial charge is 0.123 e. The lowest BCUT2D eigenvalue weighted by Crippen LogP contribution is -2.49. The van der Waals surface area contributed by atoms with Crippen molar-refractivity contribution in [1.29, 1.82) is 0 Å². The molecule has 3 atom stereocenters. The molecule has 1 aromatic carbocycles. The predicted octanol–water partition coefficient (Wildman–Crippen LogP) is 3.88. The van der Waals surface area contributed by atoms with Crippen molar-refractivity contribution < 1.29 is 4.39 Å². The van der Waals surface area contributed by atoms with Crippen molar-refractivity contribution in [3.8, 4) is 0 Å². The van der Waals surface area contributed by atoms with Crippen molar-refractivity contribution in [2.24, 2.45) is 0 Å². The van der Waals surface area contributed by atoms with Crippen LogP contribution in [0.2, 0.25) is 0 Å². The van der Waals surface area contributed by atoms with E-state index in [1.165, 1.54) is 31.7 Å². The maximum Gasteiger partial charge on any atom is 0.123 e. The molecular formula is C18H27FN2. The van der Waals surface area contributed by atoms with Crippen LogP contribution in [-0.4, -0.2) is 29.6 Å². The molecule has 0 aromatic heterocycles. The third-order valence-electron chi connectivity index (χ3n) is 5.23. The second kappa shape index (κ2) is 6.45. The highest BCUT2D eigenvalue weighted by Gasteiger charge is 2.37. The van der Waals surface area contributed by atoms with Gasteiger partial charge in [-0.05, 0) is 63.3 Å². The number of rotatable bonds is 5. The Balaban J connectivity index is 1.77. The van der Waals surface area contributed by atoms with Gasteiger partial charge in [-0.2, -0.15) is 0 Å². The standard InChI is InChI=1S/C18H27FN2/c1-3-9-21(13(2)14-5-4-6-15(19)10-14)18-11-16-7-8-17(12-18)20-16/h4-6,10,13,16-18,20H,3,7-9,11-12H2,1-2H3. The van der Waals surface area contributed by atoms with E-state index in [4.69, 9.17) is 0 Å². The van der Waals surface area contributed by atoms with Gasteiger partial charge in [0.25, 0.3) is 0 Å². The van der Waals surface area contributed by atoms with E-state index in [9.17, 15) is 4.39 Å². The van der Waals surface area contributed by atoms with Crippen LogP contribution in [0.25, 0.3) is 0 Å². The molecule has 2 aliphatic rings. The van der Waals surface area contributed by atoms with Gasteiger partial charge in [0.1, 0.15) is 5.82 Å². The normalized spacial score (nSPS) is 29.8. The first-order valence-corrected chi connectivity index (χ1v) is 8.44. The Morgan fingerprint density at radius 3 is 2.62 bits per heavy atom. The fourth-order valence-electron chi connectivity index (χ4n) is 4.21. The van der Waals surface area contributed by atoms with Crippen molar-refractivity contribution in [1.82, 2.24) is 10.2 Å². The maximum absolute atomic E-state index is 13.5. The van der Waals surface area contributed by atoms with E-state index in [1.54, 1.807) is 6.07 Å². The van der Waals surface area contributed by atoms with E-state index < -0.39 is 0 Å². The van der Waals surface area contributed by atoms with Gasteiger partial charge in [-0.25, -0.2) is 4.39 Å². The van der Waals surface area contributed by atoms with E-state index in [0.717, 1.165) is 18.5 Å². The average molecular weight is 290 g/mol. The van der Waals surface area contributed by atoms with Crippen molar-refractivity contribution in [2.45, 2.75) is 70.1 Å². The Bertz CT molecular complexity index is 464. The minimum atomic E-state index is -0.124. The summed E-state index contributed by atoms with van der Waals surface area (Å²) in [5.41, 5.74) is 1.11. The number of hydrogen-bond acceptors (Lipinski definition) is 2. The van der Waals surface area contributed by atoms with E-state index in [2.05, 4.69) is 30.1 Å². The summed E-state index contributed by atoms with van der Waals surface area (Å²) in [6.07, 6.45) is 6.30. The lowest BCUT2D eigenvalue weighted by Gasteiger charge is -2.41. The monoisotopic (exact) mass is 290 g/mol. The Labute approximate surface area is 127 Å². The van der Waals surface area contributed by atoms with Gasteiger partial charge in [0.2, 0.25) is 0 Å². The Hall–Kier alpha value is -0.930. The summed E-state index contributed by atoms with van der Waals surface area (Å²) >= 11 is 0. The number of hydrogen-bond donors (Lipinski definition) is 1. The second-order valence-corrected chi connectivity index (χ2v) is 6.73. The zero-order chi connectivity index (χ0) is 14.8. The summed E-state index contributed by atoms with van der Waals surface area (Å²) < 4.78 is 13.5. The summed E-state index contributed by atoms with van der Waals surface area (Å²) in [5.74, 6) is -0.124. The molecule has 0 aliphatic carbocycles. The van der Waals surface area contributed by atoms with Gasteiger partial charge in [0, 0.05) is 24.2 Å².